The summed E-state index contributed by atoms with van der Waals surface area (Å²) in [6.07, 6.45) is 1.65. The van der Waals surface area contributed by atoms with Gasteiger partial charge in [-0.15, -0.1) is 11.7 Å². The zero-order valence-corrected chi connectivity index (χ0v) is 14.3. The Labute approximate surface area is 143 Å². The van der Waals surface area contributed by atoms with Gasteiger partial charge in [-0.3, -0.25) is 10.1 Å². The highest BCUT2D eigenvalue weighted by Gasteiger charge is 2.12. The van der Waals surface area contributed by atoms with E-state index in [9.17, 15) is 9.59 Å². The third-order valence-corrected chi connectivity index (χ3v) is 3.97. The lowest BCUT2D eigenvalue weighted by atomic mass is 10.1. The molecule has 24 heavy (non-hydrogen) atoms. The zero-order valence-electron chi connectivity index (χ0n) is 13.4. The summed E-state index contributed by atoms with van der Waals surface area (Å²) in [7, 11) is 0. The number of rotatable bonds is 6. The fourth-order valence-electron chi connectivity index (χ4n) is 1.94. The maximum atomic E-state index is 11.9. The quantitative estimate of drug-likeness (QED) is 0.612. The molecule has 0 unspecified atom stereocenters. The van der Waals surface area contributed by atoms with Gasteiger partial charge >= 0.3 is 6.03 Å². The van der Waals surface area contributed by atoms with Crippen LogP contribution in [0.5, 0.6) is 0 Å². The van der Waals surface area contributed by atoms with Gasteiger partial charge in [0.15, 0.2) is 0 Å². The topological polar surface area (TPSA) is 102 Å². The minimum atomic E-state index is -0.571. The third-order valence-electron chi connectivity index (χ3n) is 3.02. The number of amides is 3. The van der Waals surface area contributed by atoms with E-state index in [0.717, 1.165) is 22.9 Å². The maximum absolute atomic E-state index is 11.9. The molecule has 2 aromatic rings. The molecule has 0 atom stereocenters. The fourth-order valence-corrected chi connectivity index (χ4v) is 2.62. The van der Waals surface area contributed by atoms with Crippen molar-refractivity contribution in [2.75, 3.05) is 11.1 Å². The molecule has 2 rings (SSSR count). The number of nitrogens with one attached hydrogen (secondary N) is 2. The Bertz CT molecular complexity index is 758. The van der Waals surface area contributed by atoms with Gasteiger partial charge in [0.25, 0.3) is 0 Å². The summed E-state index contributed by atoms with van der Waals surface area (Å²) in [4.78, 5) is 23.7. The Morgan fingerprint density at radius 2 is 2.17 bits per heavy atom. The summed E-state index contributed by atoms with van der Waals surface area (Å²) in [6, 6.07) is 5.07. The van der Waals surface area contributed by atoms with Gasteiger partial charge in [0.2, 0.25) is 11.1 Å². The number of carbonyl (C=O) groups excluding carboxylic acids is 2. The van der Waals surface area contributed by atoms with Crippen molar-refractivity contribution < 1.29 is 9.59 Å². The smallest absolute Gasteiger partial charge is 0.307 e. The monoisotopic (exact) mass is 346 g/mol. The molecule has 0 fully saturated rings. The van der Waals surface area contributed by atoms with Gasteiger partial charge in [-0.1, -0.05) is 35.5 Å². The summed E-state index contributed by atoms with van der Waals surface area (Å²) in [5.41, 5.74) is 2.69. The van der Waals surface area contributed by atoms with Crippen LogP contribution < -0.4 is 10.6 Å². The van der Waals surface area contributed by atoms with E-state index >= 15 is 0 Å². The first-order chi connectivity index (χ1) is 11.5. The standard InChI is InChI=1S/C15H18N6O2S/c1-4-7-21-15(18-19-20-21)24-9-13(22)17-14(23)16-12-6-5-10(2)8-11(12)3/h4-6,8H,1,7,9H2,2-3H3,(H2,16,17,22,23). The van der Waals surface area contributed by atoms with Crippen LogP contribution in [0.1, 0.15) is 11.1 Å². The zero-order chi connectivity index (χ0) is 17.5. The van der Waals surface area contributed by atoms with Crippen LogP contribution in [0.25, 0.3) is 0 Å². The molecule has 1 heterocycles. The molecule has 0 aliphatic heterocycles. The average Bonchev–Trinajstić information content (AvgIpc) is 2.96. The SMILES string of the molecule is C=CCn1nnnc1SCC(=O)NC(=O)Nc1ccc(C)cc1C. The lowest BCUT2D eigenvalue weighted by molar-refractivity contribution is -0.117. The van der Waals surface area contributed by atoms with E-state index in [-0.39, 0.29) is 5.75 Å². The van der Waals surface area contributed by atoms with Crippen molar-refractivity contribution in [1.29, 1.82) is 0 Å². The lowest BCUT2D eigenvalue weighted by Crippen LogP contribution is -2.35. The molecule has 3 amide bonds. The molecule has 0 aliphatic rings. The second-order valence-electron chi connectivity index (χ2n) is 5.04. The van der Waals surface area contributed by atoms with Crippen molar-refractivity contribution in [3.63, 3.8) is 0 Å². The van der Waals surface area contributed by atoms with E-state index in [1.807, 2.05) is 26.0 Å². The highest BCUT2D eigenvalue weighted by molar-refractivity contribution is 7.99. The number of tetrazole rings is 1. The van der Waals surface area contributed by atoms with Crippen molar-refractivity contribution in [2.24, 2.45) is 0 Å². The Morgan fingerprint density at radius 3 is 2.88 bits per heavy atom. The number of imide groups is 1. The number of allylic oxidation sites excluding steroid dienone is 1. The number of aromatic nitrogens is 4. The molecule has 0 saturated heterocycles. The first kappa shape index (κ1) is 17.7. The van der Waals surface area contributed by atoms with E-state index in [2.05, 4.69) is 32.7 Å². The van der Waals surface area contributed by atoms with Crippen LogP contribution in [0.15, 0.2) is 36.0 Å². The molecule has 0 bridgehead atoms. The molecule has 9 heteroatoms. The molecular weight excluding hydrogens is 328 g/mol. The van der Waals surface area contributed by atoms with Gasteiger partial charge in [0.1, 0.15) is 0 Å². The highest BCUT2D eigenvalue weighted by Crippen LogP contribution is 2.16. The number of nitrogens with zero attached hydrogens (tertiary/aromatic N) is 4. The molecule has 2 N–H and O–H groups in total. The van der Waals surface area contributed by atoms with Crippen molar-refractivity contribution >= 4 is 29.4 Å². The molecule has 0 aliphatic carbocycles. The predicted octanol–water partition coefficient (Wildman–Crippen LogP) is 1.92. The number of hydrogen-bond acceptors (Lipinski definition) is 6. The molecule has 126 valence electrons. The second-order valence-corrected chi connectivity index (χ2v) is 5.98. The number of benzene rings is 1. The van der Waals surface area contributed by atoms with Gasteiger partial charge in [0, 0.05) is 5.69 Å². The second kappa shape index (κ2) is 8.25. The van der Waals surface area contributed by atoms with Gasteiger partial charge < -0.3 is 5.32 Å². The first-order valence-electron chi connectivity index (χ1n) is 7.17. The Kier molecular flexibility index (Phi) is 6.07. The fraction of sp³-hybridized carbons (Fsp3) is 0.267. The van der Waals surface area contributed by atoms with E-state index in [4.69, 9.17) is 0 Å². The molecule has 8 nitrogen and oxygen atoms in total. The molecule has 0 spiro atoms. The summed E-state index contributed by atoms with van der Waals surface area (Å²) in [5.74, 6) is -0.409. The average molecular weight is 346 g/mol. The molecule has 1 aromatic heterocycles. The molecule has 1 aromatic carbocycles. The Hall–Kier alpha value is -2.68. The summed E-state index contributed by atoms with van der Waals surface area (Å²) in [6.45, 7) is 7.91. The van der Waals surface area contributed by atoms with Gasteiger partial charge in [-0.25, -0.2) is 9.48 Å². The van der Waals surface area contributed by atoms with Gasteiger partial charge in [-0.05, 0) is 35.9 Å². The first-order valence-corrected chi connectivity index (χ1v) is 8.16. The minimum absolute atomic E-state index is 0.0256. The number of hydrogen-bond donors (Lipinski definition) is 2. The normalized spacial score (nSPS) is 10.2. The van der Waals surface area contributed by atoms with E-state index < -0.39 is 11.9 Å². The third kappa shape index (κ3) is 4.92. The van der Waals surface area contributed by atoms with Crippen LogP contribution in [-0.2, 0) is 11.3 Å². The lowest BCUT2D eigenvalue weighted by Gasteiger charge is -2.09. The Balaban J connectivity index is 1.84. The summed E-state index contributed by atoms with van der Waals surface area (Å²) < 4.78 is 1.51. The van der Waals surface area contributed by atoms with Crippen molar-refractivity contribution in [3.8, 4) is 0 Å². The molecule has 0 saturated carbocycles. The largest absolute Gasteiger partial charge is 0.325 e. The van der Waals surface area contributed by atoms with E-state index in [1.54, 1.807) is 12.1 Å². The maximum Gasteiger partial charge on any atom is 0.325 e. The van der Waals surface area contributed by atoms with Crippen LogP contribution in [0.3, 0.4) is 0 Å². The van der Waals surface area contributed by atoms with Crippen LogP contribution in [0.4, 0.5) is 10.5 Å². The van der Waals surface area contributed by atoms with Crippen molar-refractivity contribution in [1.82, 2.24) is 25.5 Å². The number of urea groups is 1. The van der Waals surface area contributed by atoms with Crippen LogP contribution >= 0.6 is 11.8 Å². The van der Waals surface area contributed by atoms with E-state index in [1.165, 1.54) is 4.68 Å². The minimum Gasteiger partial charge on any atom is -0.307 e. The Morgan fingerprint density at radius 1 is 1.38 bits per heavy atom. The highest BCUT2D eigenvalue weighted by atomic mass is 32.2. The predicted molar refractivity (Wildman–Crippen MR) is 91.8 cm³/mol. The number of carbonyl (C=O) groups is 2. The number of thioether (sulfide) groups is 1. The molecular formula is C15H18N6O2S. The van der Waals surface area contributed by atoms with Crippen LogP contribution in [0.2, 0.25) is 0 Å². The van der Waals surface area contributed by atoms with Crippen LogP contribution in [0, 0.1) is 13.8 Å². The van der Waals surface area contributed by atoms with Crippen molar-refractivity contribution in [3.05, 3.63) is 42.0 Å². The number of aryl methyl sites for hydroxylation is 2. The summed E-state index contributed by atoms with van der Waals surface area (Å²) >= 11 is 1.14. The number of anilines is 1. The van der Waals surface area contributed by atoms with Crippen LogP contribution in [-0.4, -0.2) is 37.9 Å². The van der Waals surface area contributed by atoms with Gasteiger partial charge in [0.05, 0.1) is 12.3 Å². The summed E-state index contributed by atoms with van der Waals surface area (Å²) in [5, 5.41) is 16.5. The van der Waals surface area contributed by atoms with Crippen molar-refractivity contribution in [2.45, 2.75) is 25.5 Å². The van der Waals surface area contributed by atoms with Gasteiger partial charge in [-0.2, -0.15) is 0 Å². The van der Waals surface area contributed by atoms with E-state index in [0.29, 0.717) is 17.4 Å². The molecule has 0 radical (unpaired) electrons.